The summed E-state index contributed by atoms with van der Waals surface area (Å²) in [4.78, 5) is 100. The van der Waals surface area contributed by atoms with Gasteiger partial charge in [-0.3, -0.25) is 46.9 Å². The van der Waals surface area contributed by atoms with Crippen molar-refractivity contribution in [3.05, 3.63) is 24.3 Å². The normalized spacial score (nSPS) is 15.2. The summed E-state index contributed by atoms with van der Waals surface area (Å²) in [5, 5.41) is 52.2. The molecule has 106 heavy (non-hydrogen) atoms. The first-order chi connectivity index (χ1) is 51.0. The average molecular weight is 1560 g/mol. The number of nitrogens with one attached hydrogen (secondary N) is 4. The molecule has 0 radical (unpaired) electrons. The highest BCUT2D eigenvalue weighted by atomic mass is 31.2. The third-order valence-corrected chi connectivity index (χ3v) is 19.8. The van der Waals surface area contributed by atoms with Crippen LogP contribution in [0.1, 0.15) is 324 Å². The van der Waals surface area contributed by atoms with E-state index in [4.69, 9.17) is 37.0 Å². The van der Waals surface area contributed by atoms with Gasteiger partial charge in [-0.05, 0) is 103 Å². The Kier molecular flexibility index (Phi) is 67.9. The average Bonchev–Trinajstić information content (AvgIpc) is 0.903. The number of phosphoric acid groups is 2. The number of rotatable bonds is 77. The summed E-state index contributed by atoms with van der Waals surface area (Å²) in [7, 11) is -9.82. The van der Waals surface area contributed by atoms with Gasteiger partial charge in [-0.1, -0.05) is 220 Å². The molecule has 10 N–H and O–H groups in total. The SMILES string of the molecule is CCCCCC/C=C/CCCC(=O)O[C@H](CCCCCCC)CC(=O)NC(COCC[C@H](O)CCCCCCC)COP(=O)(O)OCCNC(=O)[C@@H](O)[C@H](O)C(=O)NCCOP(=O)(O)OCC(COCC[C@H](O)CCCCCCC)NC(=O)C[C@@H](CCCCCCC)OC(=O)CCC/C=C/CCCCCC. The molecular formula is C78H148N4O22P2. The number of hydrogen-bond donors (Lipinski definition) is 10. The highest BCUT2D eigenvalue weighted by Crippen LogP contribution is 2.44. The maximum atomic E-state index is 13.7. The van der Waals surface area contributed by atoms with E-state index in [2.05, 4.69) is 87.1 Å². The molecule has 0 aromatic heterocycles. The van der Waals surface area contributed by atoms with Crippen LogP contribution in [0.4, 0.5) is 0 Å². The molecule has 0 aliphatic carbocycles. The number of aliphatic hydroxyl groups excluding tert-OH is 4. The number of hydrogen-bond acceptors (Lipinski definition) is 20. The van der Waals surface area contributed by atoms with Crippen molar-refractivity contribution >= 4 is 51.2 Å². The van der Waals surface area contributed by atoms with Gasteiger partial charge >= 0.3 is 27.6 Å². The van der Waals surface area contributed by atoms with Crippen LogP contribution in [0.3, 0.4) is 0 Å². The second-order valence-electron chi connectivity index (χ2n) is 28.1. The Morgan fingerprint density at radius 3 is 0.991 bits per heavy atom. The van der Waals surface area contributed by atoms with Gasteiger partial charge in [0, 0.05) is 39.1 Å². The molecule has 0 rings (SSSR count). The molecule has 28 heteroatoms. The summed E-state index contributed by atoms with van der Waals surface area (Å²) in [6.07, 6.45) is 37.6. The van der Waals surface area contributed by atoms with E-state index in [0.717, 1.165) is 167 Å². The van der Waals surface area contributed by atoms with E-state index < -0.39 is 139 Å². The van der Waals surface area contributed by atoms with Crippen molar-refractivity contribution in [3.63, 3.8) is 0 Å². The van der Waals surface area contributed by atoms with Gasteiger partial charge in [0.1, 0.15) is 12.2 Å². The zero-order valence-electron chi connectivity index (χ0n) is 66.2. The minimum absolute atomic E-state index is 0.111. The minimum Gasteiger partial charge on any atom is -0.462 e. The quantitative estimate of drug-likeness (QED) is 0.0117. The number of unbranched alkanes of at least 4 members (excludes halogenated alkanes) is 26. The molecule has 0 aliphatic heterocycles. The zero-order valence-corrected chi connectivity index (χ0v) is 68.0. The standard InChI is InChI=1S/C78H148N4O22P2/c1-7-13-19-25-27-29-31-37-43-49-73(87)103-69(47-41-35-23-17-11-5)59-71(85)81-65(61-97-55-51-67(83)45-39-33-21-15-9-3)63-101-105(93,94)99-57-53-79-77(91)75(89)76(90)78(92)80-54-58-100-106(95,96)102-64-66(62-98-56-52-68(84)46-40-34-22-16-10-4)82-72(86)60-70(48-42-36-24-18-12-6)104-74(88)50-44-38-32-30-28-26-20-14-8-2/h29-32,65-70,75-76,83-84,89-90H,7-28,33-64H2,1-6H3,(H,79,91)(H,80,92)(H,81,85)(H,82,86)(H,93,94)(H,95,96)/b31-29+,32-30+/t65?,66?,67-,68-,69-,70-,75+,76+/m1/s1. The van der Waals surface area contributed by atoms with Crippen LogP contribution in [0, 0.1) is 0 Å². The van der Waals surface area contributed by atoms with Crippen molar-refractivity contribution < 1.29 is 105 Å². The van der Waals surface area contributed by atoms with E-state index in [1.807, 2.05) is 0 Å². The molecule has 0 bridgehead atoms. The molecule has 0 aliphatic rings. The lowest BCUT2D eigenvalue weighted by molar-refractivity contribution is -0.152. The van der Waals surface area contributed by atoms with Gasteiger partial charge in [0.2, 0.25) is 11.8 Å². The highest BCUT2D eigenvalue weighted by molar-refractivity contribution is 7.47. The third-order valence-electron chi connectivity index (χ3n) is 17.8. The van der Waals surface area contributed by atoms with E-state index >= 15 is 0 Å². The minimum atomic E-state index is -4.91. The molecule has 622 valence electrons. The van der Waals surface area contributed by atoms with E-state index in [9.17, 15) is 68.1 Å². The van der Waals surface area contributed by atoms with Gasteiger partial charge in [0.05, 0.1) is 76.8 Å². The number of amides is 4. The Bertz CT molecular complexity index is 2190. The Balaban J connectivity index is 5.72. The fourth-order valence-electron chi connectivity index (χ4n) is 11.4. The first-order valence-electron chi connectivity index (χ1n) is 41.0. The van der Waals surface area contributed by atoms with E-state index in [1.54, 1.807) is 0 Å². The van der Waals surface area contributed by atoms with Crippen LogP contribution in [0.2, 0.25) is 0 Å². The van der Waals surface area contributed by atoms with Crippen molar-refractivity contribution in [2.75, 3.05) is 65.9 Å². The van der Waals surface area contributed by atoms with Crippen molar-refractivity contribution in [3.8, 4) is 0 Å². The lowest BCUT2D eigenvalue weighted by Gasteiger charge is -2.23. The van der Waals surface area contributed by atoms with Crippen molar-refractivity contribution in [1.29, 1.82) is 0 Å². The maximum absolute atomic E-state index is 13.7. The second kappa shape index (κ2) is 70.4. The summed E-state index contributed by atoms with van der Waals surface area (Å²) >= 11 is 0. The van der Waals surface area contributed by atoms with Crippen molar-refractivity contribution in [2.24, 2.45) is 0 Å². The van der Waals surface area contributed by atoms with Gasteiger partial charge in [-0.2, -0.15) is 0 Å². The molecule has 0 aromatic carbocycles. The first kappa shape index (κ1) is 102. The van der Waals surface area contributed by atoms with Crippen LogP contribution in [-0.4, -0.2) is 180 Å². The van der Waals surface area contributed by atoms with Crippen LogP contribution in [0.5, 0.6) is 0 Å². The molecular weight excluding hydrogens is 1410 g/mol. The van der Waals surface area contributed by atoms with Gasteiger partial charge in [-0.25, -0.2) is 9.13 Å². The van der Waals surface area contributed by atoms with E-state index in [-0.39, 0.29) is 52.1 Å². The van der Waals surface area contributed by atoms with Gasteiger partial charge < -0.3 is 70.4 Å². The van der Waals surface area contributed by atoms with Gasteiger partial charge in [0.15, 0.2) is 12.2 Å². The van der Waals surface area contributed by atoms with Crippen LogP contribution in [0.15, 0.2) is 24.3 Å². The van der Waals surface area contributed by atoms with Crippen LogP contribution in [0.25, 0.3) is 0 Å². The fourth-order valence-corrected chi connectivity index (χ4v) is 13.0. The topological polar surface area (TPSA) is 380 Å². The Morgan fingerprint density at radius 1 is 0.358 bits per heavy atom. The van der Waals surface area contributed by atoms with E-state index in [0.29, 0.717) is 51.4 Å². The Hall–Kier alpha value is -3.72. The molecule has 0 heterocycles. The van der Waals surface area contributed by atoms with E-state index in [1.165, 1.54) is 38.5 Å². The van der Waals surface area contributed by atoms with Crippen LogP contribution < -0.4 is 21.3 Å². The molecule has 0 fully saturated rings. The largest absolute Gasteiger partial charge is 0.472 e. The summed E-state index contributed by atoms with van der Waals surface area (Å²) in [5.74, 6) is -4.42. The van der Waals surface area contributed by atoms with Crippen LogP contribution in [-0.2, 0) is 74.9 Å². The maximum Gasteiger partial charge on any atom is 0.472 e. The summed E-state index contributed by atoms with van der Waals surface area (Å²) < 4.78 is 70.3. The summed E-state index contributed by atoms with van der Waals surface area (Å²) in [6, 6.07) is -2.02. The summed E-state index contributed by atoms with van der Waals surface area (Å²) in [6.45, 7) is 9.09. The smallest absolute Gasteiger partial charge is 0.462 e. The van der Waals surface area contributed by atoms with Crippen molar-refractivity contribution in [2.45, 2.75) is 373 Å². The Morgan fingerprint density at radius 2 is 0.660 bits per heavy atom. The lowest BCUT2D eigenvalue weighted by atomic mass is 10.1. The highest BCUT2D eigenvalue weighted by Gasteiger charge is 2.32. The molecule has 4 amide bonds. The lowest BCUT2D eigenvalue weighted by Crippen LogP contribution is -2.50. The predicted octanol–water partition coefficient (Wildman–Crippen LogP) is 14.2. The zero-order chi connectivity index (χ0) is 78.6. The monoisotopic (exact) mass is 1560 g/mol. The molecule has 0 spiro atoms. The predicted molar refractivity (Wildman–Crippen MR) is 414 cm³/mol. The summed E-state index contributed by atoms with van der Waals surface area (Å²) in [5.41, 5.74) is 0. The van der Waals surface area contributed by atoms with Gasteiger partial charge in [-0.15, -0.1) is 0 Å². The molecule has 0 saturated heterocycles. The van der Waals surface area contributed by atoms with Crippen LogP contribution >= 0.6 is 15.6 Å². The Labute approximate surface area is 637 Å². The number of esters is 2. The fraction of sp³-hybridized carbons (Fsp3) is 0.872. The molecule has 0 aromatic rings. The first-order valence-corrected chi connectivity index (χ1v) is 44.0. The third kappa shape index (κ3) is 64.0. The van der Waals surface area contributed by atoms with Gasteiger partial charge in [0.25, 0.3) is 11.8 Å². The number of ether oxygens (including phenoxy) is 4. The number of allylic oxidation sites excluding steroid dienone is 4. The molecule has 10 atom stereocenters. The number of aliphatic hydroxyl groups is 4. The van der Waals surface area contributed by atoms with Crippen molar-refractivity contribution in [1.82, 2.24) is 21.3 Å². The number of carbonyl (C=O) groups excluding carboxylic acids is 6. The molecule has 26 nitrogen and oxygen atoms in total. The second-order valence-corrected chi connectivity index (χ2v) is 31.0. The molecule has 4 unspecified atom stereocenters. The number of phosphoric ester groups is 2. The number of carbonyl (C=O) groups is 6. The molecule has 0 saturated carbocycles.